The number of nitrogens with one attached hydrogen (secondary N) is 1. The highest BCUT2D eigenvalue weighted by Gasteiger charge is 2.23. The van der Waals surface area contributed by atoms with Crippen molar-refractivity contribution in [3.05, 3.63) is 39.3 Å². The van der Waals surface area contributed by atoms with Crippen molar-refractivity contribution in [2.45, 2.75) is 65.5 Å². The van der Waals surface area contributed by atoms with Gasteiger partial charge < -0.3 is 10.1 Å². The molecule has 2 aromatic rings. The standard InChI is InChI=1S/C22H33N3O2S/c1-5-6-7-16(26)12-25(11-14(2)3)13-19-23-21(27)20-17-9-8-15(4)10-18(17)28-22(20)24-19/h5,14-16,26H,1,6-13H2,2-4H3,(H,23,24,27)/t15-,16+/m0/s1. The maximum Gasteiger partial charge on any atom is 0.259 e. The highest BCUT2D eigenvalue weighted by molar-refractivity contribution is 7.18. The number of rotatable bonds is 9. The lowest BCUT2D eigenvalue weighted by atomic mass is 9.89. The Kier molecular flexibility index (Phi) is 7.07. The molecule has 0 saturated heterocycles. The van der Waals surface area contributed by atoms with Crippen molar-refractivity contribution in [3.63, 3.8) is 0 Å². The van der Waals surface area contributed by atoms with Crippen LogP contribution in [0.15, 0.2) is 17.4 Å². The van der Waals surface area contributed by atoms with E-state index < -0.39 is 6.10 Å². The third-order valence-electron chi connectivity index (χ3n) is 5.38. The van der Waals surface area contributed by atoms with Gasteiger partial charge in [0.2, 0.25) is 0 Å². The minimum atomic E-state index is -0.400. The second kappa shape index (κ2) is 9.33. The lowest BCUT2D eigenvalue weighted by Gasteiger charge is -2.26. The summed E-state index contributed by atoms with van der Waals surface area (Å²) in [6.07, 6.45) is 6.12. The topological polar surface area (TPSA) is 69.2 Å². The number of aromatic amines is 1. The third-order valence-corrected chi connectivity index (χ3v) is 6.53. The van der Waals surface area contributed by atoms with Gasteiger partial charge in [-0.3, -0.25) is 9.69 Å². The van der Waals surface area contributed by atoms with Crippen LogP contribution < -0.4 is 5.56 Å². The van der Waals surface area contributed by atoms with Crippen LogP contribution >= 0.6 is 11.3 Å². The van der Waals surface area contributed by atoms with Gasteiger partial charge in [0, 0.05) is 18.0 Å². The molecule has 0 aromatic carbocycles. The summed E-state index contributed by atoms with van der Waals surface area (Å²) in [6.45, 7) is 12.3. The molecule has 2 atom stereocenters. The molecule has 0 aliphatic heterocycles. The van der Waals surface area contributed by atoms with E-state index in [4.69, 9.17) is 4.98 Å². The number of fused-ring (bicyclic) bond motifs is 3. The zero-order valence-corrected chi connectivity index (χ0v) is 18.1. The summed E-state index contributed by atoms with van der Waals surface area (Å²) in [6, 6.07) is 0. The Balaban J connectivity index is 1.82. The molecule has 0 saturated carbocycles. The smallest absolute Gasteiger partial charge is 0.259 e. The zero-order chi connectivity index (χ0) is 20.3. The summed E-state index contributed by atoms with van der Waals surface area (Å²) < 4.78 is 0. The second-order valence-electron chi connectivity index (χ2n) is 8.65. The van der Waals surface area contributed by atoms with Crippen molar-refractivity contribution in [1.82, 2.24) is 14.9 Å². The monoisotopic (exact) mass is 403 g/mol. The summed E-state index contributed by atoms with van der Waals surface area (Å²) in [5.74, 6) is 1.84. The summed E-state index contributed by atoms with van der Waals surface area (Å²) >= 11 is 1.69. The molecule has 0 spiro atoms. The van der Waals surface area contributed by atoms with Gasteiger partial charge in [-0.05, 0) is 49.5 Å². The number of nitrogens with zero attached hydrogens (tertiary/aromatic N) is 2. The molecule has 0 amide bonds. The molecular weight excluding hydrogens is 370 g/mol. The number of aliphatic hydroxyl groups is 1. The first-order chi connectivity index (χ1) is 13.4. The minimum Gasteiger partial charge on any atom is -0.392 e. The summed E-state index contributed by atoms with van der Waals surface area (Å²) in [4.78, 5) is 25.0. The minimum absolute atomic E-state index is 0.0104. The first-order valence-electron chi connectivity index (χ1n) is 10.4. The largest absolute Gasteiger partial charge is 0.392 e. The van der Waals surface area contributed by atoms with Gasteiger partial charge in [-0.2, -0.15) is 0 Å². The average molecular weight is 404 g/mol. The number of aromatic nitrogens is 2. The maximum atomic E-state index is 12.8. The van der Waals surface area contributed by atoms with Crippen LogP contribution in [-0.2, 0) is 19.4 Å². The van der Waals surface area contributed by atoms with Gasteiger partial charge in [-0.1, -0.05) is 26.8 Å². The van der Waals surface area contributed by atoms with E-state index in [1.807, 2.05) is 6.08 Å². The number of hydrogen-bond acceptors (Lipinski definition) is 5. The van der Waals surface area contributed by atoms with E-state index >= 15 is 0 Å². The molecule has 1 aliphatic rings. The molecule has 5 nitrogen and oxygen atoms in total. The van der Waals surface area contributed by atoms with Gasteiger partial charge >= 0.3 is 0 Å². The van der Waals surface area contributed by atoms with Crippen molar-refractivity contribution in [2.24, 2.45) is 11.8 Å². The molecule has 2 heterocycles. The fourth-order valence-corrected chi connectivity index (χ4v) is 5.50. The number of thiophene rings is 1. The van der Waals surface area contributed by atoms with E-state index in [1.54, 1.807) is 11.3 Å². The second-order valence-corrected chi connectivity index (χ2v) is 9.74. The molecule has 0 unspecified atom stereocenters. The first kappa shape index (κ1) is 21.2. The van der Waals surface area contributed by atoms with Crippen molar-refractivity contribution < 1.29 is 5.11 Å². The quantitative estimate of drug-likeness (QED) is 0.623. The van der Waals surface area contributed by atoms with Crippen LogP contribution in [-0.4, -0.2) is 39.2 Å². The molecule has 2 N–H and O–H groups in total. The van der Waals surface area contributed by atoms with Gasteiger partial charge in [0.15, 0.2) is 0 Å². The number of allylic oxidation sites excluding steroid dienone is 1. The first-order valence-corrected chi connectivity index (χ1v) is 11.2. The Morgan fingerprint density at radius 3 is 2.93 bits per heavy atom. The van der Waals surface area contributed by atoms with Crippen LogP contribution in [0.3, 0.4) is 0 Å². The fraction of sp³-hybridized carbons (Fsp3) is 0.636. The van der Waals surface area contributed by atoms with Gasteiger partial charge in [-0.15, -0.1) is 17.9 Å². The van der Waals surface area contributed by atoms with Crippen LogP contribution in [0.2, 0.25) is 0 Å². The molecule has 6 heteroatoms. The van der Waals surface area contributed by atoms with E-state index in [0.717, 1.165) is 42.4 Å². The van der Waals surface area contributed by atoms with Crippen molar-refractivity contribution >= 4 is 21.6 Å². The highest BCUT2D eigenvalue weighted by atomic mass is 32.1. The lowest BCUT2D eigenvalue weighted by Crippen LogP contribution is -2.35. The molecule has 0 fully saturated rings. The van der Waals surface area contributed by atoms with Crippen LogP contribution in [0.25, 0.3) is 10.2 Å². The van der Waals surface area contributed by atoms with E-state index in [9.17, 15) is 9.90 Å². The summed E-state index contributed by atoms with van der Waals surface area (Å²) in [5.41, 5.74) is 1.21. The van der Waals surface area contributed by atoms with E-state index in [2.05, 4.69) is 37.2 Å². The SMILES string of the molecule is C=CCC[C@@H](O)CN(Cc1nc2sc3c(c2c(=O)[nH]1)CC[C@H](C)C3)CC(C)C. The molecule has 0 bridgehead atoms. The average Bonchev–Trinajstić information content (AvgIpc) is 2.96. The predicted octanol–water partition coefficient (Wildman–Crippen LogP) is 3.89. The Morgan fingerprint density at radius 1 is 1.43 bits per heavy atom. The lowest BCUT2D eigenvalue weighted by molar-refractivity contribution is 0.0943. The number of H-pyrrole nitrogens is 1. The van der Waals surface area contributed by atoms with Gasteiger partial charge in [-0.25, -0.2) is 4.98 Å². The summed E-state index contributed by atoms with van der Waals surface area (Å²) in [5, 5.41) is 11.1. The van der Waals surface area contributed by atoms with Crippen molar-refractivity contribution in [2.75, 3.05) is 13.1 Å². The summed E-state index contributed by atoms with van der Waals surface area (Å²) in [7, 11) is 0. The van der Waals surface area contributed by atoms with Crippen LogP contribution in [0.4, 0.5) is 0 Å². The molecule has 3 rings (SSSR count). The van der Waals surface area contributed by atoms with E-state index in [-0.39, 0.29) is 5.56 Å². The maximum absolute atomic E-state index is 12.8. The third kappa shape index (κ3) is 5.10. The normalized spacial score (nSPS) is 18.0. The van der Waals surface area contributed by atoms with Crippen LogP contribution in [0, 0.1) is 11.8 Å². The Morgan fingerprint density at radius 2 is 2.21 bits per heavy atom. The van der Waals surface area contributed by atoms with Crippen LogP contribution in [0.5, 0.6) is 0 Å². The van der Waals surface area contributed by atoms with Gasteiger partial charge in [0.05, 0.1) is 18.0 Å². The molecule has 28 heavy (non-hydrogen) atoms. The Hall–Kier alpha value is -1.50. The predicted molar refractivity (Wildman–Crippen MR) is 117 cm³/mol. The molecule has 154 valence electrons. The van der Waals surface area contributed by atoms with E-state index in [0.29, 0.717) is 37.2 Å². The molecule has 1 aliphatic carbocycles. The van der Waals surface area contributed by atoms with Crippen molar-refractivity contribution in [1.29, 1.82) is 0 Å². The Bertz CT molecular complexity index is 871. The van der Waals surface area contributed by atoms with Crippen molar-refractivity contribution in [3.8, 4) is 0 Å². The van der Waals surface area contributed by atoms with Gasteiger partial charge in [0.25, 0.3) is 5.56 Å². The number of aryl methyl sites for hydroxylation is 1. The molecular formula is C22H33N3O2S. The fourth-order valence-electron chi connectivity index (χ4n) is 4.10. The van der Waals surface area contributed by atoms with E-state index in [1.165, 1.54) is 10.4 Å². The molecule has 0 radical (unpaired) electrons. The molecule has 2 aromatic heterocycles. The zero-order valence-electron chi connectivity index (χ0n) is 17.3. The van der Waals surface area contributed by atoms with Crippen LogP contribution in [0.1, 0.15) is 56.3 Å². The number of hydrogen-bond donors (Lipinski definition) is 2. The highest BCUT2D eigenvalue weighted by Crippen LogP contribution is 2.35. The Labute approximate surface area is 171 Å². The number of aliphatic hydroxyl groups excluding tert-OH is 1. The van der Waals surface area contributed by atoms with Gasteiger partial charge in [0.1, 0.15) is 10.7 Å².